The first-order valence-corrected chi connectivity index (χ1v) is 15.4. The van der Waals surface area contributed by atoms with Gasteiger partial charge in [0, 0.05) is 0 Å². The maximum Gasteiger partial charge on any atom is 0.324 e. The molecule has 2 rings (SSSR count). The zero-order valence-electron chi connectivity index (χ0n) is 28.3. The van der Waals surface area contributed by atoms with E-state index >= 15 is 0 Å². The van der Waals surface area contributed by atoms with Gasteiger partial charge in [-0.1, -0.05) is 107 Å². The van der Waals surface area contributed by atoms with Crippen molar-refractivity contribution in [3.63, 3.8) is 0 Å². The number of aliphatic hydroxyl groups excluding tert-OH is 4. The topological polar surface area (TPSA) is 182 Å². The van der Waals surface area contributed by atoms with Crippen molar-refractivity contribution in [1.82, 2.24) is 0 Å². The van der Waals surface area contributed by atoms with Crippen molar-refractivity contribution >= 4 is 8.60 Å². The molecule has 0 radical (unpaired) electrons. The van der Waals surface area contributed by atoms with E-state index in [4.69, 9.17) is 35.1 Å². The van der Waals surface area contributed by atoms with Gasteiger partial charge in [0.15, 0.2) is 0 Å². The standard InChI is InChI=1S/2C14H22O.C5H12O4.H3O3P/c2*1-13(2,3)10-7-8-12(15)11(9-10)14(4,5)6;6-1-5(2-7,3-8)4-9;1-4(2)3/h2*7-9,15H,1-6H3;6-9H,1-4H2;1-3H. The molecule has 0 aliphatic heterocycles. The summed E-state index contributed by atoms with van der Waals surface area (Å²) in [5.74, 6) is 0.797. The van der Waals surface area contributed by atoms with E-state index in [1.807, 2.05) is 12.1 Å². The Morgan fingerprint density at radius 2 is 0.698 bits per heavy atom. The van der Waals surface area contributed by atoms with Crippen LogP contribution in [-0.4, -0.2) is 71.7 Å². The number of aromatic hydroxyl groups is 2. The smallest absolute Gasteiger partial charge is 0.324 e. The van der Waals surface area contributed by atoms with Crippen LogP contribution in [0, 0.1) is 5.41 Å². The Labute approximate surface area is 260 Å². The van der Waals surface area contributed by atoms with E-state index in [1.54, 1.807) is 12.1 Å². The molecule has 0 unspecified atom stereocenters. The highest BCUT2D eigenvalue weighted by molar-refractivity contribution is 7.38. The van der Waals surface area contributed by atoms with E-state index in [2.05, 4.69) is 95.2 Å². The molecule has 0 saturated heterocycles. The van der Waals surface area contributed by atoms with Crippen molar-refractivity contribution in [2.75, 3.05) is 26.4 Å². The summed E-state index contributed by atoms with van der Waals surface area (Å²) in [6.07, 6.45) is 0. The minimum atomic E-state index is -2.62. The molecule has 10 heteroatoms. The number of benzene rings is 2. The van der Waals surface area contributed by atoms with Crippen LogP contribution in [0.1, 0.15) is 105 Å². The van der Waals surface area contributed by atoms with Gasteiger partial charge < -0.3 is 45.3 Å². The fourth-order valence-electron chi connectivity index (χ4n) is 3.51. The van der Waals surface area contributed by atoms with Gasteiger partial charge in [-0.3, -0.25) is 0 Å². The Kier molecular flexibility index (Phi) is 17.7. The van der Waals surface area contributed by atoms with E-state index in [0.717, 1.165) is 11.1 Å². The molecule has 0 aliphatic rings. The molecule has 0 aromatic heterocycles. The predicted molar refractivity (Wildman–Crippen MR) is 175 cm³/mol. The third kappa shape index (κ3) is 16.2. The van der Waals surface area contributed by atoms with Crippen LogP contribution in [0.15, 0.2) is 36.4 Å². The lowest BCUT2D eigenvalue weighted by Gasteiger charge is -2.25. The predicted octanol–water partition coefficient (Wildman–Crippen LogP) is 5.11. The molecule has 250 valence electrons. The lowest BCUT2D eigenvalue weighted by molar-refractivity contribution is -0.0328. The molecule has 43 heavy (non-hydrogen) atoms. The summed E-state index contributed by atoms with van der Waals surface area (Å²) in [6, 6.07) is 11.9. The van der Waals surface area contributed by atoms with Crippen LogP contribution < -0.4 is 0 Å². The molecule has 9 N–H and O–H groups in total. The van der Waals surface area contributed by atoms with E-state index in [-0.39, 0.29) is 21.7 Å². The Hall–Kier alpha value is -1.81. The second-order valence-electron chi connectivity index (χ2n) is 14.9. The highest BCUT2D eigenvalue weighted by atomic mass is 31.2. The minimum absolute atomic E-state index is 0.00859. The van der Waals surface area contributed by atoms with E-state index in [0.29, 0.717) is 11.5 Å². The maximum atomic E-state index is 9.84. The zero-order chi connectivity index (χ0) is 34.6. The van der Waals surface area contributed by atoms with E-state index in [1.165, 1.54) is 11.1 Å². The lowest BCUT2D eigenvalue weighted by Crippen LogP contribution is -2.37. The van der Waals surface area contributed by atoms with Crippen molar-refractivity contribution in [2.45, 2.75) is 105 Å². The summed E-state index contributed by atoms with van der Waals surface area (Å²) in [5, 5.41) is 53.7. The van der Waals surface area contributed by atoms with Gasteiger partial charge in [0.1, 0.15) is 11.5 Å². The SMILES string of the molecule is CC(C)(C)c1ccc(O)c(C(C)(C)C)c1.CC(C)(C)c1ccc(O)c(C(C)(C)C)c1.OCC(CO)(CO)CO.OP(O)O. The van der Waals surface area contributed by atoms with Gasteiger partial charge in [0.2, 0.25) is 0 Å². The van der Waals surface area contributed by atoms with Crippen LogP contribution in [0.25, 0.3) is 0 Å². The van der Waals surface area contributed by atoms with Crippen LogP contribution in [0.5, 0.6) is 11.5 Å². The van der Waals surface area contributed by atoms with Crippen LogP contribution in [0.2, 0.25) is 0 Å². The van der Waals surface area contributed by atoms with E-state index < -0.39 is 40.4 Å². The van der Waals surface area contributed by atoms with Gasteiger partial charge in [-0.2, -0.15) is 0 Å². The van der Waals surface area contributed by atoms with Gasteiger partial charge in [-0.15, -0.1) is 0 Å². The van der Waals surface area contributed by atoms with Crippen LogP contribution in [0.4, 0.5) is 0 Å². The first kappa shape index (κ1) is 43.3. The highest BCUT2D eigenvalue weighted by Gasteiger charge is 2.26. The Balaban J connectivity index is 0. The molecule has 0 fully saturated rings. The quantitative estimate of drug-likeness (QED) is 0.207. The molecule has 0 bridgehead atoms. The Bertz CT molecular complexity index is 976. The van der Waals surface area contributed by atoms with Crippen molar-refractivity contribution in [3.05, 3.63) is 58.7 Å². The third-order valence-corrected chi connectivity index (χ3v) is 6.68. The second-order valence-corrected chi connectivity index (χ2v) is 15.4. The summed E-state index contributed by atoms with van der Waals surface area (Å²) in [5.41, 5.74) is 3.72. The van der Waals surface area contributed by atoms with Gasteiger partial charge in [0.05, 0.1) is 31.8 Å². The van der Waals surface area contributed by atoms with Crippen molar-refractivity contribution < 1.29 is 45.3 Å². The summed E-state index contributed by atoms with van der Waals surface area (Å²) in [6.45, 7) is 24.2. The highest BCUT2D eigenvalue weighted by Crippen LogP contribution is 2.35. The molecule has 0 saturated carbocycles. The normalized spacial score (nSPS) is 12.4. The van der Waals surface area contributed by atoms with Gasteiger partial charge in [-0.25, -0.2) is 0 Å². The van der Waals surface area contributed by atoms with Crippen LogP contribution in [0.3, 0.4) is 0 Å². The number of aliphatic hydroxyl groups is 4. The van der Waals surface area contributed by atoms with Gasteiger partial charge in [-0.05, 0) is 56.0 Å². The fourth-order valence-corrected chi connectivity index (χ4v) is 3.51. The van der Waals surface area contributed by atoms with Gasteiger partial charge >= 0.3 is 8.60 Å². The molecule has 0 heterocycles. The zero-order valence-corrected chi connectivity index (χ0v) is 29.2. The molecule has 0 amide bonds. The lowest BCUT2D eigenvalue weighted by atomic mass is 9.80. The number of phenolic OH excluding ortho intramolecular Hbond substituents is 2. The Morgan fingerprint density at radius 1 is 0.465 bits per heavy atom. The molecule has 2 aromatic rings. The van der Waals surface area contributed by atoms with Crippen molar-refractivity contribution in [3.8, 4) is 11.5 Å². The fraction of sp³-hybridized carbons (Fsp3) is 0.636. The number of hydrogen-bond acceptors (Lipinski definition) is 9. The molecule has 9 nitrogen and oxygen atoms in total. The minimum Gasteiger partial charge on any atom is -0.508 e. The number of phenols is 2. The first-order chi connectivity index (χ1) is 19.2. The molecule has 0 atom stereocenters. The summed E-state index contributed by atoms with van der Waals surface area (Å²) in [4.78, 5) is 21.7. The van der Waals surface area contributed by atoms with Crippen LogP contribution in [-0.2, 0) is 21.7 Å². The number of rotatable bonds is 4. The molecule has 0 spiro atoms. The van der Waals surface area contributed by atoms with E-state index in [9.17, 15) is 10.2 Å². The van der Waals surface area contributed by atoms with Crippen LogP contribution >= 0.6 is 8.60 Å². The second kappa shape index (κ2) is 17.6. The average molecular weight is 631 g/mol. The summed E-state index contributed by atoms with van der Waals surface area (Å²) >= 11 is 0. The maximum absolute atomic E-state index is 9.84. The summed E-state index contributed by atoms with van der Waals surface area (Å²) < 4.78 is 0. The average Bonchev–Trinajstić information content (AvgIpc) is 2.84. The van der Waals surface area contributed by atoms with Crippen molar-refractivity contribution in [2.24, 2.45) is 5.41 Å². The third-order valence-electron chi connectivity index (χ3n) is 6.68. The summed E-state index contributed by atoms with van der Waals surface area (Å²) in [7, 11) is -2.62. The molecule has 0 aliphatic carbocycles. The Morgan fingerprint density at radius 3 is 0.837 bits per heavy atom. The van der Waals surface area contributed by atoms with Crippen molar-refractivity contribution in [1.29, 1.82) is 0 Å². The molecular formula is C33H59O9P. The molecule has 2 aromatic carbocycles. The van der Waals surface area contributed by atoms with Gasteiger partial charge in [0.25, 0.3) is 0 Å². The first-order valence-electron chi connectivity index (χ1n) is 14.2. The molecular weight excluding hydrogens is 571 g/mol. The number of hydrogen-bond donors (Lipinski definition) is 9. The largest absolute Gasteiger partial charge is 0.508 e. The monoisotopic (exact) mass is 630 g/mol.